The van der Waals surface area contributed by atoms with Crippen molar-refractivity contribution in [3.05, 3.63) is 24.3 Å². The van der Waals surface area contributed by atoms with Gasteiger partial charge in [-0.2, -0.15) is 0 Å². The van der Waals surface area contributed by atoms with E-state index >= 15 is 0 Å². The molecule has 0 aliphatic carbocycles. The zero-order valence-corrected chi connectivity index (χ0v) is 16.4. The van der Waals surface area contributed by atoms with Crippen LogP contribution in [0.2, 0.25) is 0 Å². The second kappa shape index (κ2) is 9.68. The van der Waals surface area contributed by atoms with Crippen molar-refractivity contribution in [1.29, 1.82) is 0 Å². The molecule has 2 heterocycles. The van der Waals surface area contributed by atoms with Crippen molar-refractivity contribution >= 4 is 23.6 Å². The normalized spacial score (nSPS) is 18.9. The number of aliphatic hydroxyl groups excluding tert-OH is 2. The van der Waals surface area contributed by atoms with Crippen LogP contribution in [0, 0.1) is 0 Å². The maximum atomic E-state index is 11.6. The van der Waals surface area contributed by atoms with E-state index in [2.05, 4.69) is 0 Å². The van der Waals surface area contributed by atoms with Crippen LogP contribution in [0.5, 0.6) is 11.5 Å². The highest BCUT2D eigenvalue weighted by Crippen LogP contribution is 2.19. The number of hydrogen-bond donors (Lipinski definition) is 2. The van der Waals surface area contributed by atoms with Gasteiger partial charge in [-0.1, -0.05) is 0 Å². The number of ether oxygens (including phenoxy) is 2. The van der Waals surface area contributed by atoms with Crippen LogP contribution >= 0.6 is 0 Å². The summed E-state index contributed by atoms with van der Waals surface area (Å²) in [5.74, 6) is -0.256. The minimum absolute atomic E-state index is 0.0894. The molecule has 162 valence electrons. The van der Waals surface area contributed by atoms with Gasteiger partial charge in [0.05, 0.1) is 13.1 Å². The molecular weight excluding hydrogens is 396 g/mol. The number of carbonyl (C=O) groups is 4. The molecule has 10 heteroatoms. The monoisotopic (exact) mass is 420 g/mol. The summed E-state index contributed by atoms with van der Waals surface area (Å²) < 4.78 is 10.9. The third kappa shape index (κ3) is 5.55. The van der Waals surface area contributed by atoms with Gasteiger partial charge in [0.2, 0.25) is 23.6 Å². The van der Waals surface area contributed by atoms with E-state index in [1.807, 2.05) is 0 Å². The average molecular weight is 420 g/mol. The van der Waals surface area contributed by atoms with Gasteiger partial charge in [0.1, 0.15) is 36.9 Å². The van der Waals surface area contributed by atoms with E-state index in [9.17, 15) is 29.4 Å². The molecule has 4 amide bonds. The number of rotatable bonds is 10. The van der Waals surface area contributed by atoms with Crippen LogP contribution < -0.4 is 9.47 Å². The van der Waals surface area contributed by atoms with E-state index in [1.165, 1.54) is 0 Å². The number of amides is 4. The lowest BCUT2D eigenvalue weighted by Crippen LogP contribution is -2.38. The lowest BCUT2D eigenvalue weighted by atomic mass is 10.3. The van der Waals surface area contributed by atoms with Gasteiger partial charge in [0, 0.05) is 25.7 Å². The van der Waals surface area contributed by atoms with Crippen molar-refractivity contribution in [1.82, 2.24) is 9.80 Å². The fourth-order valence-electron chi connectivity index (χ4n) is 3.20. The molecule has 2 aliphatic heterocycles. The molecule has 1 aromatic rings. The Balaban J connectivity index is 1.39. The van der Waals surface area contributed by atoms with Gasteiger partial charge >= 0.3 is 0 Å². The van der Waals surface area contributed by atoms with Crippen LogP contribution in [0.4, 0.5) is 0 Å². The Morgan fingerprint density at radius 1 is 0.667 bits per heavy atom. The number of benzene rings is 1. The van der Waals surface area contributed by atoms with Gasteiger partial charge in [0.15, 0.2) is 0 Å². The molecule has 0 radical (unpaired) electrons. The highest BCUT2D eigenvalue weighted by Gasteiger charge is 2.31. The van der Waals surface area contributed by atoms with Crippen molar-refractivity contribution < 1.29 is 38.9 Å². The highest BCUT2D eigenvalue weighted by molar-refractivity contribution is 6.02. The number of hydrogen-bond acceptors (Lipinski definition) is 8. The molecule has 0 spiro atoms. The summed E-state index contributed by atoms with van der Waals surface area (Å²) in [4.78, 5) is 48.3. The molecule has 0 aromatic heterocycles. The predicted octanol–water partition coefficient (Wildman–Crippen LogP) is -0.536. The number of carbonyl (C=O) groups excluding carboxylic acids is 4. The predicted molar refractivity (Wildman–Crippen MR) is 101 cm³/mol. The summed E-state index contributed by atoms with van der Waals surface area (Å²) in [7, 11) is 0. The molecule has 2 fully saturated rings. The van der Waals surface area contributed by atoms with Gasteiger partial charge in [-0.05, 0) is 24.3 Å². The molecule has 2 saturated heterocycles. The third-order valence-corrected chi connectivity index (χ3v) is 4.80. The second-order valence-corrected chi connectivity index (χ2v) is 7.20. The molecule has 0 unspecified atom stereocenters. The molecule has 1 aromatic carbocycles. The minimum atomic E-state index is -1.00. The van der Waals surface area contributed by atoms with Gasteiger partial charge in [-0.3, -0.25) is 29.0 Å². The lowest BCUT2D eigenvalue weighted by Gasteiger charge is -2.19. The Morgan fingerprint density at radius 3 is 1.27 bits per heavy atom. The van der Waals surface area contributed by atoms with E-state index in [0.717, 1.165) is 9.80 Å². The van der Waals surface area contributed by atoms with E-state index in [0.29, 0.717) is 11.5 Å². The largest absolute Gasteiger partial charge is 0.491 e. The standard InChI is InChI=1S/C20H24N2O8/c23-13(9-21-17(25)5-6-18(21)26)11-29-15-1-2-16(4-3-15)30-12-14(24)10-22-19(27)7-8-20(22)28/h1-4,13-14,23-24H,5-12H2/t13-,14+. The summed E-state index contributed by atoms with van der Waals surface area (Å²) in [5.41, 5.74) is 0. The van der Waals surface area contributed by atoms with Gasteiger partial charge in [0.25, 0.3) is 0 Å². The molecule has 2 atom stereocenters. The number of likely N-dealkylation sites (tertiary alicyclic amines) is 2. The van der Waals surface area contributed by atoms with Crippen molar-refractivity contribution in [2.24, 2.45) is 0 Å². The summed E-state index contributed by atoms with van der Waals surface area (Å²) in [6.45, 7) is -0.376. The first-order chi connectivity index (χ1) is 14.3. The summed E-state index contributed by atoms with van der Waals surface area (Å²) in [5, 5.41) is 20.0. The van der Waals surface area contributed by atoms with E-state index in [-0.39, 0.29) is 75.6 Å². The topological polar surface area (TPSA) is 134 Å². The molecular formula is C20H24N2O8. The number of imide groups is 2. The Kier molecular flexibility index (Phi) is 7.01. The van der Waals surface area contributed by atoms with E-state index < -0.39 is 12.2 Å². The zero-order valence-electron chi connectivity index (χ0n) is 16.4. The number of aliphatic hydroxyl groups is 2. The second-order valence-electron chi connectivity index (χ2n) is 7.20. The molecule has 2 aliphatic rings. The van der Waals surface area contributed by atoms with Crippen LogP contribution in [0.3, 0.4) is 0 Å². The smallest absolute Gasteiger partial charge is 0.229 e. The fourth-order valence-corrected chi connectivity index (χ4v) is 3.20. The maximum absolute atomic E-state index is 11.6. The zero-order chi connectivity index (χ0) is 21.7. The Bertz CT molecular complexity index is 711. The van der Waals surface area contributed by atoms with Crippen LogP contribution in [-0.2, 0) is 19.2 Å². The summed E-state index contributed by atoms with van der Waals surface area (Å²) >= 11 is 0. The van der Waals surface area contributed by atoms with Crippen molar-refractivity contribution in [3.63, 3.8) is 0 Å². The van der Waals surface area contributed by atoms with Gasteiger partial charge in [-0.25, -0.2) is 0 Å². The molecule has 0 saturated carbocycles. The van der Waals surface area contributed by atoms with Crippen molar-refractivity contribution in [2.75, 3.05) is 26.3 Å². The summed E-state index contributed by atoms with van der Waals surface area (Å²) in [6.07, 6.45) is -1.31. The van der Waals surface area contributed by atoms with Crippen LogP contribution in [0.15, 0.2) is 24.3 Å². The van der Waals surface area contributed by atoms with E-state index in [1.54, 1.807) is 24.3 Å². The molecule has 3 rings (SSSR count). The molecule has 10 nitrogen and oxygen atoms in total. The molecule has 30 heavy (non-hydrogen) atoms. The molecule has 0 bridgehead atoms. The maximum Gasteiger partial charge on any atom is 0.229 e. The first-order valence-corrected chi connectivity index (χ1v) is 9.71. The third-order valence-electron chi connectivity index (χ3n) is 4.80. The average Bonchev–Trinajstić information content (AvgIpc) is 3.21. The SMILES string of the molecule is O=C1CCC(=O)N1C[C@H](O)COc1ccc(OC[C@H](O)CN2C(=O)CCC2=O)cc1. The van der Waals surface area contributed by atoms with Crippen LogP contribution in [0.25, 0.3) is 0 Å². The van der Waals surface area contributed by atoms with Crippen molar-refractivity contribution in [2.45, 2.75) is 37.9 Å². The van der Waals surface area contributed by atoms with Crippen molar-refractivity contribution in [3.8, 4) is 11.5 Å². The quantitative estimate of drug-likeness (QED) is 0.482. The van der Waals surface area contributed by atoms with Gasteiger partial charge < -0.3 is 19.7 Å². The Morgan fingerprint density at radius 2 is 0.967 bits per heavy atom. The van der Waals surface area contributed by atoms with Crippen LogP contribution in [-0.4, -0.2) is 82.2 Å². The first-order valence-electron chi connectivity index (χ1n) is 9.71. The van der Waals surface area contributed by atoms with E-state index in [4.69, 9.17) is 9.47 Å². The summed E-state index contributed by atoms with van der Waals surface area (Å²) in [6, 6.07) is 6.42. The first kappa shape index (κ1) is 21.7. The van der Waals surface area contributed by atoms with Crippen LogP contribution in [0.1, 0.15) is 25.7 Å². The van der Waals surface area contributed by atoms with Gasteiger partial charge in [-0.15, -0.1) is 0 Å². The Hall–Kier alpha value is -2.98. The fraction of sp³-hybridized carbons (Fsp3) is 0.500. The number of β-amino-alcohol motifs (C(OH)–C–C–N with tert-alkyl or cyclic N) is 2. The minimum Gasteiger partial charge on any atom is -0.491 e. The lowest BCUT2D eigenvalue weighted by molar-refractivity contribution is -0.141. The highest BCUT2D eigenvalue weighted by atomic mass is 16.5. The number of nitrogens with zero attached hydrogens (tertiary/aromatic N) is 2. The Labute approximate surface area is 173 Å². The molecule has 2 N–H and O–H groups in total.